The maximum atomic E-state index is 14.6. The first-order valence-electron chi connectivity index (χ1n) is 12.3. The Morgan fingerprint density at radius 2 is 1.94 bits per heavy atom. The maximum Gasteiger partial charge on any atom is 0.229 e. The zero-order chi connectivity index (χ0) is 23.5. The van der Waals surface area contributed by atoms with Crippen LogP contribution in [0.2, 0.25) is 0 Å². The molecule has 5 nitrogen and oxygen atoms in total. The van der Waals surface area contributed by atoms with Crippen LogP contribution in [0.5, 0.6) is 0 Å². The molecule has 5 rings (SSSR count). The van der Waals surface area contributed by atoms with Crippen molar-refractivity contribution in [2.45, 2.75) is 25.7 Å². The fourth-order valence-electron chi connectivity index (χ4n) is 5.50. The number of ether oxygens (including phenoxy) is 1. The summed E-state index contributed by atoms with van der Waals surface area (Å²) >= 11 is 0. The minimum Gasteiger partial charge on any atom is -0.464 e. The van der Waals surface area contributed by atoms with Crippen molar-refractivity contribution in [3.05, 3.63) is 71.7 Å². The Labute approximate surface area is 200 Å². The van der Waals surface area contributed by atoms with Gasteiger partial charge in [0.05, 0.1) is 24.9 Å². The van der Waals surface area contributed by atoms with Crippen LogP contribution in [-0.4, -0.2) is 62.1 Å². The third-order valence-electron chi connectivity index (χ3n) is 7.55. The molecular formula is C28H33FN2O3. The molecule has 1 atom stereocenters. The van der Waals surface area contributed by atoms with Crippen LogP contribution < -0.4 is 0 Å². The number of nitrogens with zero attached hydrogens (tertiary/aromatic N) is 2. The molecule has 0 bridgehead atoms. The van der Waals surface area contributed by atoms with Gasteiger partial charge in [0.15, 0.2) is 0 Å². The molecular weight excluding hydrogens is 431 g/mol. The molecule has 0 aliphatic carbocycles. The first-order valence-corrected chi connectivity index (χ1v) is 12.3. The van der Waals surface area contributed by atoms with E-state index in [0.29, 0.717) is 38.3 Å². The Bertz CT molecular complexity index is 1140. The Balaban J connectivity index is 1.35. The van der Waals surface area contributed by atoms with Gasteiger partial charge in [-0.1, -0.05) is 30.3 Å². The molecule has 0 saturated carbocycles. The van der Waals surface area contributed by atoms with Crippen molar-refractivity contribution in [1.82, 2.24) is 9.80 Å². The molecule has 180 valence electrons. The molecule has 3 heterocycles. The van der Waals surface area contributed by atoms with Gasteiger partial charge in [0.1, 0.15) is 11.4 Å². The number of carbonyl (C=O) groups is 1. The van der Waals surface area contributed by atoms with Crippen molar-refractivity contribution >= 4 is 16.9 Å². The van der Waals surface area contributed by atoms with Crippen molar-refractivity contribution in [1.29, 1.82) is 0 Å². The monoisotopic (exact) mass is 464 g/mol. The largest absolute Gasteiger partial charge is 0.464 e. The first-order chi connectivity index (χ1) is 16.5. The molecule has 0 N–H and O–H groups in total. The summed E-state index contributed by atoms with van der Waals surface area (Å²) in [7, 11) is 2.09. The molecule has 6 heteroatoms. The number of piperidine rings is 1. The van der Waals surface area contributed by atoms with Gasteiger partial charge in [-0.15, -0.1) is 0 Å². The van der Waals surface area contributed by atoms with Gasteiger partial charge in [-0.05, 0) is 75.1 Å². The third kappa shape index (κ3) is 4.89. The molecule has 2 saturated heterocycles. The van der Waals surface area contributed by atoms with E-state index in [2.05, 4.69) is 30.1 Å². The summed E-state index contributed by atoms with van der Waals surface area (Å²) in [6.07, 6.45) is 4.47. The number of amides is 1. The van der Waals surface area contributed by atoms with Crippen LogP contribution in [0.4, 0.5) is 4.39 Å². The molecule has 0 unspecified atom stereocenters. The number of halogens is 1. The Hall–Kier alpha value is -2.70. The average Bonchev–Trinajstić information content (AvgIpc) is 3.19. The van der Waals surface area contributed by atoms with Gasteiger partial charge >= 0.3 is 0 Å². The molecule has 34 heavy (non-hydrogen) atoms. The molecule has 3 aromatic rings. The van der Waals surface area contributed by atoms with Gasteiger partial charge in [0.2, 0.25) is 5.91 Å². The van der Waals surface area contributed by atoms with E-state index in [-0.39, 0.29) is 17.6 Å². The standard InChI is InChI=1S/C28H33FN2O3/c1-30-11-9-28(10-12-30,18-24-4-2-3-5-25(24)29)27(32)31-13-15-33-20-22(19-31)16-21-6-7-23-8-14-34-26(23)17-21/h2-8,14,17,22H,9-13,15-16,18-20H2,1H3/t22-/m1/s1. The number of hydrogen-bond donors (Lipinski definition) is 0. The normalized spacial score (nSPS) is 21.5. The van der Waals surface area contributed by atoms with Crippen LogP contribution in [0.25, 0.3) is 11.0 Å². The van der Waals surface area contributed by atoms with E-state index in [4.69, 9.17) is 9.15 Å². The molecule has 2 aromatic carbocycles. The highest BCUT2D eigenvalue weighted by Gasteiger charge is 2.44. The number of likely N-dealkylation sites (tertiary alicyclic amines) is 1. The number of carbonyl (C=O) groups excluding carboxylic acids is 1. The van der Waals surface area contributed by atoms with Crippen LogP contribution in [0.1, 0.15) is 24.0 Å². The predicted octanol–water partition coefficient (Wildman–Crippen LogP) is 4.54. The third-order valence-corrected chi connectivity index (χ3v) is 7.55. The summed E-state index contributed by atoms with van der Waals surface area (Å²) in [6, 6.07) is 15.1. The number of hydrogen-bond acceptors (Lipinski definition) is 4. The lowest BCUT2D eigenvalue weighted by molar-refractivity contribution is -0.145. The Morgan fingerprint density at radius 1 is 1.12 bits per heavy atom. The van der Waals surface area contributed by atoms with Gasteiger partial charge in [-0.25, -0.2) is 4.39 Å². The lowest BCUT2D eigenvalue weighted by atomic mass is 9.72. The second-order valence-electron chi connectivity index (χ2n) is 10.0. The average molecular weight is 465 g/mol. The summed E-state index contributed by atoms with van der Waals surface area (Å²) in [5, 5.41) is 1.09. The Kier molecular flexibility index (Phi) is 6.70. The number of fused-ring (bicyclic) bond motifs is 1. The van der Waals surface area contributed by atoms with E-state index in [9.17, 15) is 9.18 Å². The summed E-state index contributed by atoms with van der Waals surface area (Å²) < 4.78 is 26.1. The SMILES string of the molecule is CN1CCC(Cc2ccccc2F)(C(=O)N2CCOC[C@H](Cc3ccc4ccoc4c3)C2)CC1. The van der Waals surface area contributed by atoms with Gasteiger partial charge in [0, 0.05) is 24.4 Å². The van der Waals surface area contributed by atoms with Crippen LogP contribution in [0.3, 0.4) is 0 Å². The smallest absolute Gasteiger partial charge is 0.229 e. The first kappa shape index (κ1) is 23.1. The minimum atomic E-state index is -0.573. The van der Waals surface area contributed by atoms with Crippen LogP contribution in [-0.2, 0) is 22.4 Å². The van der Waals surface area contributed by atoms with Gasteiger partial charge in [-0.2, -0.15) is 0 Å². The molecule has 2 fully saturated rings. The van der Waals surface area contributed by atoms with Crippen molar-refractivity contribution in [2.24, 2.45) is 11.3 Å². The molecule has 1 amide bonds. The van der Waals surface area contributed by atoms with Crippen LogP contribution in [0, 0.1) is 17.2 Å². The second kappa shape index (κ2) is 9.88. The molecule has 0 radical (unpaired) electrons. The number of rotatable bonds is 5. The van der Waals surface area contributed by atoms with Crippen LogP contribution in [0.15, 0.2) is 59.2 Å². The maximum absolute atomic E-state index is 14.6. The molecule has 2 aliphatic heterocycles. The number of furan rings is 1. The lowest BCUT2D eigenvalue weighted by Crippen LogP contribution is -2.52. The number of benzene rings is 2. The topological polar surface area (TPSA) is 45.9 Å². The van der Waals surface area contributed by atoms with E-state index >= 15 is 0 Å². The van der Waals surface area contributed by atoms with Crippen molar-refractivity contribution in [2.75, 3.05) is 46.4 Å². The van der Waals surface area contributed by atoms with E-state index in [1.54, 1.807) is 12.3 Å². The van der Waals surface area contributed by atoms with Crippen molar-refractivity contribution in [3.63, 3.8) is 0 Å². The van der Waals surface area contributed by atoms with Crippen molar-refractivity contribution < 1.29 is 18.3 Å². The summed E-state index contributed by atoms with van der Waals surface area (Å²) in [5.74, 6) is 0.135. The molecule has 1 aromatic heterocycles. The highest BCUT2D eigenvalue weighted by molar-refractivity contribution is 5.83. The fourth-order valence-corrected chi connectivity index (χ4v) is 5.50. The van der Waals surface area contributed by atoms with Crippen LogP contribution >= 0.6 is 0 Å². The van der Waals surface area contributed by atoms with Crippen molar-refractivity contribution in [3.8, 4) is 0 Å². The highest BCUT2D eigenvalue weighted by Crippen LogP contribution is 2.38. The van der Waals surface area contributed by atoms with E-state index < -0.39 is 5.41 Å². The summed E-state index contributed by atoms with van der Waals surface area (Å²) in [5.41, 5.74) is 2.13. The molecule has 2 aliphatic rings. The van der Waals surface area contributed by atoms with E-state index in [0.717, 1.165) is 43.3 Å². The zero-order valence-electron chi connectivity index (χ0n) is 19.8. The Morgan fingerprint density at radius 3 is 2.76 bits per heavy atom. The molecule has 0 spiro atoms. The lowest BCUT2D eigenvalue weighted by Gasteiger charge is -2.42. The van der Waals surface area contributed by atoms with Gasteiger partial charge in [0.25, 0.3) is 0 Å². The summed E-state index contributed by atoms with van der Waals surface area (Å²) in [6.45, 7) is 4.09. The highest BCUT2D eigenvalue weighted by atomic mass is 19.1. The quantitative estimate of drug-likeness (QED) is 0.556. The fraction of sp³-hybridized carbons (Fsp3) is 0.464. The van der Waals surface area contributed by atoms with E-state index in [1.165, 1.54) is 11.6 Å². The van der Waals surface area contributed by atoms with E-state index in [1.807, 2.05) is 23.1 Å². The second-order valence-corrected chi connectivity index (χ2v) is 10.0. The minimum absolute atomic E-state index is 0.154. The predicted molar refractivity (Wildman–Crippen MR) is 130 cm³/mol. The summed E-state index contributed by atoms with van der Waals surface area (Å²) in [4.78, 5) is 18.4. The zero-order valence-corrected chi connectivity index (χ0v) is 19.8. The van der Waals surface area contributed by atoms with Gasteiger partial charge < -0.3 is 19.0 Å². The van der Waals surface area contributed by atoms with Gasteiger partial charge in [-0.3, -0.25) is 4.79 Å².